The lowest BCUT2D eigenvalue weighted by Crippen LogP contribution is -2.22. The molecule has 2 unspecified atom stereocenters. The van der Waals surface area contributed by atoms with Crippen molar-refractivity contribution in [2.75, 3.05) is 0 Å². The maximum atomic E-state index is 13.4. The Kier molecular flexibility index (Phi) is 2.75. The predicted molar refractivity (Wildman–Crippen MR) is 55.0 cm³/mol. The molecule has 1 fully saturated rings. The van der Waals surface area contributed by atoms with Crippen LogP contribution in [0.4, 0.5) is 8.78 Å². The molecule has 1 saturated heterocycles. The van der Waals surface area contributed by atoms with Crippen molar-refractivity contribution in [3.8, 4) is 0 Å². The Morgan fingerprint density at radius 3 is 2.38 bits per heavy atom. The molecule has 6 heteroatoms. The average Bonchev–Trinajstić information content (AvgIpc) is 2.43. The summed E-state index contributed by atoms with van der Waals surface area (Å²) in [6.45, 7) is 0. The van der Waals surface area contributed by atoms with E-state index in [9.17, 15) is 18.4 Å². The Balaban J connectivity index is 2.44. The molecule has 0 aromatic heterocycles. The smallest absolute Gasteiger partial charge is 0.241 e. The third-order valence-electron chi connectivity index (χ3n) is 2.37. The zero-order valence-electron chi connectivity index (χ0n) is 7.84. The second-order valence-corrected chi connectivity index (χ2v) is 4.39. The number of amides is 2. The third kappa shape index (κ3) is 1.73. The summed E-state index contributed by atoms with van der Waals surface area (Å²) in [6, 6.07) is 2.90. The highest BCUT2D eigenvalue weighted by atomic mass is 79.9. The fourth-order valence-corrected chi connectivity index (χ4v) is 2.24. The van der Waals surface area contributed by atoms with Crippen LogP contribution in [0.1, 0.15) is 11.5 Å². The molecule has 2 amide bonds. The second-order valence-electron chi connectivity index (χ2n) is 3.40. The molecule has 1 N–H and O–H groups in total. The van der Waals surface area contributed by atoms with E-state index in [1.165, 1.54) is 6.07 Å². The van der Waals surface area contributed by atoms with Gasteiger partial charge in [-0.05, 0) is 6.07 Å². The molecule has 0 radical (unpaired) electrons. The normalized spacial score (nSPS) is 24.7. The Morgan fingerprint density at radius 2 is 1.88 bits per heavy atom. The molecule has 2 rings (SSSR count). The Labute approximate surface area is 98.0 Å². The first-order chi connectivity index (χ1) is 7.50. The molecule has 2 atom stereocenters. The Hall–Kier alpha value is -1.30. The second kappa shape index (κ2) is 3.93. The van der Waals surface area contributed by atoms with Crippen molar-refractivity contribution in [1.82, 2.24) is 5.32 Å². The highest BCUT2D eigenvalue weighted by molar-refractivity contribution is 9.10. The Morgan fingerprint density at radius 1 is 1.19 bits per heavy atom. The highest BCUT2D eigenvalue weighted by Gasteiger charge is 2.42. The lowest BCUT2D eigenvalue weighted by atomic mass is 9.97. The summed E-state index contributed by atoms with van der Waals surface area (Å²) in [6.07, 6.45) is 0. The number of carbonyl (C=O) groups is 2. The van der Waals surface area contributed by atoms with Crippen molar-refractivity contribution >= 4 is 27.7 Å². The van der Waals surface area contributed by atoms with E-state index < -0.39 is 34.2 Å². The average molecular weight is 290 g/mol. The van der Waals surface area contributed by atoms with Gasteiger partial charge in [0.15, 0.2) is 0 Å². The molecule has 0 aliphatic carbocycles. The van der Waals surface area contributed by atoms with Gasteiger partial charge in [-0.2, -0.15) is 0 Å². The fraction of sp³-hybridized carbons (Fsp3) is 0.200. The van der Waals surface area contributed by atoms with Gasteiger partial charge in [-0.3, -0.25) is 14.9 Å². The van der Waals surface area contributed by atoms with E-state index in [4.69, 9.17) is 0 Å². The minimum Gasteiger partial charge on any atom is -0.295 e. The summed E-state index contributed by atoms with van der Waals surface area (Å²) in [5.74, 6) is -3.61. The van der Waals surface area contributed by atoms with Gasteiger partial charge < -0.3 is 0 Å². The van der Waals surface area contributed by atoms with Crippen molar-refractivity contribution in [3.63, 3.8) is 0 Å². The number of carbonyl (C=O) groups excluding carboxylic acids is 2. The number of imide groups is 1. The highest BCUT2D eigenvalue weighted by Crippen LogP contribution is 2.31. The van der Waals surface area contributed by atoms with Crippen molar-refractivity contribution in [3.05, 3.63) is 35.4 Å². The van der Waals surface area contributed by atoms with Crippen LogP contribution in [-0.2, 0) is 9.59 Å². The lowest BCUT2D eigenvalue weighted by molar-refractivity contribution is -0.125. The summed E-state index contributed by atoms with van der Waals surface area (Å²) < 4.78 is 26.1. The van der Waals surface area contributed by atoms with Gasteiger partial charge in [-0.15, -0.1) is 0 Å². The first-order valence-electron chi connectivity index (χ1n) is 4.44. The maximum Gasteiger partial charge on any atom is 0.241 e. The number of alkyl halides is 1. The molecule has 3 nitrogen and oxygen atoms in total. The van der Waals surface area contributed by atoms with Crippen LogP contribution in [0.15, 0.2) is 18.2 Å². The predicted octanol–water partition coefficient (Wildman–Crippen LogP) is 1.47. The SMILES string of the molecule is O=C1NC(=O)C(c2ccc(F)cc2F)C1Br. The summed E-state index contributed by atoms with van der Waals surface area (Å²) >= 11 is 3.01. The molecule has 1 heterocycles. The van der Waals surface area contributed by atoms with Crippen LogP contribution in [0.5, 0.6) is 0 Å². The minimum absolute atomic E-state index is 0.00613. The van der Waals surface area contributed by atoms with E-state index in [-0.39, 0.29) is 5.56 Å². The van der Waals surface area contributed by atoms with Crippen LogP contribution in [0, 0.1) is 11.6 Å². The number of hydrogen-bond donors (Lipinski definition) is 1. The van der Waals surface area contributed by atoms with Crippen LogP contribution in [0.25, 0.3) is 0 Å². The summed E-state index contributed by atoms with van der Waals surface area (Å²) in [5, 5.41) is 2.07. The van der Waals surface area contributed by atoms with Crippen molar-refractivity contribution in [2.45, 2.75) is 10.7 Å². The summed E-state index contributed by atoms with van der Waals surface area (Å²) in [7, 11) is 0. The van der Waals surface area contributed by atoms with E-state index in [0.717, 1.165) is 6.07 Å². The van der Waals surface area contributed by atoms with Crippen LogP contribution in [0.2, 0.25) is 0 Å². The van der Waals surface area contributed by atoms with Gasteiger partial charge in [0, 0.05) is 11.6 Å². The molecule has 1 aliphatic heterocycles. The van der Waals surface area contributed by atoms with E-state index in [1.807, 2.05) is 0 Å². The monoisotopic (exact) mass is 289 g/mol. The molecular formula is C10H6BrF2NO2. The van der Waals surface area contributed by atoms with Gasteiger partial charge in [-0.25, -0.2) is 8.78 Å². The first-order valence-corrected chi connectivity index (χ1v) is 5.36. The molecule has 16 heavy (non-hydrogen) atoms. The van der Waals surface area contributed by atoms with Gasteiger partial charge >= 0.3 is 0 Å². The number of hydrogen-bond acceptors (Lipinski definition) is 2. The third-order valence-corrected chi connectivity index (χ3v) is 3.31. The summed E-state index contributed by atoms with van der Waals surface area (Å²) in [5.41, 5.74) is 0.00613. The molecule has 0 bridgehead atoms. The molecule has 0 saturated carbocycles. The molecule has 1 aromatic rings. The molecule has 1 aromatic carbocycles. The number of nitrogens with one attached hydrogen (secondary N) is 1. The first kappa shape index (κ1) is 11.2. The van der Waals surface area contributed by atoms with Gasteiger partial charge in [0.1, 0.15) is 16.5 Å². The van der Waals surface area contributed by atoms with Gasteiger partial charge in [0.05, 0.1) is 5.92 Å². The van der Waals surface area contributed by atoms with Crippen LogP contribution < -0.4 is 5.32 Å². The topological polar surface area (TPSA) is 46.2 Å². The quantitative estimate of drug-likeness (QED) is 0.629. The van der Waals surface area contributed by atoms with Crippen molar-refractivity contribution < 1.29 is 18.4 Å². The van der Waals surface area contributed by atoms with E-state index in [2.05, 4.69) is 21.2 Å². The standard InChI is InChI=1S/C10H6BrF2NO2/c11-8-7(9(15)14-10(8)16)5-2-1-4(12)3-6(5)13/h1-3,7-8H,(H,14,15,16). The van der Waals surface area contributed by atoms with E-state index in [1.54, 1.807) is 0 Å². The maximum absolute atomic E-state index is 13.4. The largest absolute Gasteiger partial charge is 0.295 e. The molecule has 0 spiro atoms. The van der Waals surface area contributed by atoms with E-state index in [0.29, 0.717) is 6.07 Å². The van der Waals surface area contributed by atoms with Gasteiger partial charge in [0.2, 0.25) is 11.8 Å². The molecular weight excluding hydrogens is 284 g/mol. The molecule has 84 valence electrons. The van der Waals surface area contributed by atoms with Crippen LogP contribution in [0.3, 0.4) is 0 Å². The number of rotatable bonds is 1. The number of benzene rings is 1. The lowest BCUT2D eigenvalue weighted by Gasteiger charge is -2.10. The Bertz CT molecular complexity index is 478. The number of halogens is 3. The van der Waals surface area contributed by atoms with Crippen molar-refractivity contribution in [2.24, 2.45) is 0 Å². The van der Waals surface area contributed by atoms with E-state index >= 15 is 0 Å². The van der Waals surface area contributed by atoms with Gasteiger partial charge in [-0.1, -0.05) is 22.0 Å². The van der Waals surface area contributed by atoms with Crippen LogP contribution >= 0.6 is 15.9 Å². The van der Waals surface area contributed by atoms with Gasteiger partial charge in [0.25, 0.3) is 0 Å². The minimum atomic E-state index is -0.951. The van der Waals surface area contributed by atoms with Crippen molar-refractivity contribution in [1.29, 1.82) is 0 Å². The van der Waals surface area contributed by atoms with Crippen LogP contribution in [-0.4, -0.2) is 16.6 Å². The molecule has 1 aliphatic rings. The zero-order valence-corrected chi connectivity index (χ0v) is 9.42. The summed E-state index contributed by atoms with van der Waals surface area (Å²) in [4.78, 5) is 21.8. The zero-order chi connectivity index (χ0) is 11.9. The fourth-order valence-electron chi connectivity index (χ4n) is 1.61.